The van der Waals surface area contributed by atoms with E-state index in [1.807, 2.05) is 12.4 Å². The quantitative estimate of drug-likeness (QED) is 0.905. The van der Waals surface area contributed by atoms with E-state index in [2.05, 4.69) is 36.3 Å². The highest BCUT2D eigenvalue weighted by molar-refractivity contribution is 5.15. The minimum atomic E-state index is 0.440. The van der Waals surface area contributed by atoms with E-state index in [-0.39, 0.29) is 0 Å². The standard InChI is InChI=1S/C19H28N2/c1-17-9-16-10-18(2,12-17)14-19(11-16,13-17)21-8-5-15-3-6-20-7-4-15/h3-4,6-7,16,21H,5,8-14H2,1-2H3. The maximum atomic E-state index is 4.11. The minimum Gasteiger partial charge on any atom is -0.311 e. The number of aromatic nitrogens is 1. The Morgan fingerprint density at radius 3 is 2.33 bits per heavy atom. The van der Waals surface area contributed by atoms with Gasteiger partial charge in [0.15, 0.2) is 0 Å². The lowest BCUT2D eigenvalue weighted by Crippen LogP contribution is -2.64. The van der Waals surface area contributed by atoms with Gasteiger partial charge in [-0.1, -0.05) is 13.8 Å². The van der Waals surface area contributed by atoms with Crippen LogP contribution in [0.25, 0.3) is 0 Å². The molecule has 0 radical (unpaired) electrons. The topological polar surface area (TPSA) is 24.9 Å². The van der Waals surface area contributed by atoms with Crippen LogP contribution in [-0.2, 0) is 6.42 Å². The van der Waals surface area contributed by atoms with Crippen LogP contribution in [0.15, 0.2) is 24.5 Å². The Kier molecular flexibility index (Phi) is 2.98. The van der Waals surface area contributed by atoms with E-state index < -0.39 is 0 Å². The summed E-state index contributed by atoms with van der Waals surface area (Å²) in [5, 5.41) is 4.01. The van der Waals surface area contributed by atoms with Crippen LogP contribution in [0.5, 0.6) is 0 Å². The number of pyridine rings is 1. The maximum Gasteiger partial charge on any atom is 0.0270 e. The molecule has 114 valence electrons. The number of hydrogen-bond donors (Lipinski definition) is 1. The van der Waals surface area contributed by atoms with Crippen molar-refractivity contribution >= 4 is 0 Å². The molecule has 4 saturated carbocycles. The minimum absolute atomic E-state index is 0.440. The molecule has 0 saturated heterocycles. The van der Waals surface area contributed by atoms with Gasteiger partial charge in [0, 0.05) is 17.9 Å². The summed E-state index contributed by atoms with van der Waals surface area (Å²) >= 11 is 0. The fourth-order valence-corrected chi connectivity index (χ4v) is 6.67. The molecule has 0 amide bonds. The van der Waals surface area contributed by atoms with Gasteiger partial charge in [-0.3, -0.25) is 4.98 Å². The molecule has 4 aliphatic rings. The Balaban J connectivity index is 1.45. The Labute approximate surface area is 128 Å². The van der Waals surface area contributed by atoms with Crippen molar-refractivity contribution in [3.8, 4) is 0 Å². The number of hydrogen-bond acceptors (Lipinski definition) is 2. The Morgan fingerprint density at radius 1 is 1.05 bits per heavy atom. The molecule has 0 aliphatic heterocycles. The lowest BCUT2D eigenvalue weighted by Gasteiger charge is -2.65. The Hall–Kier alpha value is -0.890. The van der Waals surface area contributed by atoms with Crippen molar-refractivity contribution in [3.05, 3.63) is 30.1 Å². The van der Waals surface area contributed by atoms with Gasteiger partial charge in [-0.05, 0) is 85.9 Å². The van der Waals surface area contributed by atoms with Crippen LogP contribution in [0.4, 0.5) is 0 Å². The normalized spacial score (nSPS) is 44.2. The molecular formula is C19H28N2. The molecule has 4 bridgehead atoms. The molecule has 2 nitrogen and oxygen atoms in total. The van der Waals surface area contributed by atoms with E-state index in [0.717, 1.165) is 18.9 Å². The van der Waals surface area contributed by atoms with Crippen molar-refractivity contribution in [2.45, 2.75) is 64.3 Å². The first-order chi connectivity index (χ1) is 9.99. The summed E-state index contributed by atoms with van der Waals surface area (Å²) in [4.78, 5) is 4.11. The summed E-state index contributed by atoms with van der Waals surface area (Å²) in [6.45, 7) is 6.22. The van der Waals surface area contributed by atoms with Gasteiger partial charge in [0.1, 0.15) is 0 Å². The van der Waals surface area contributed by atoms with Crippen molar-refractivity contribution < 1.29 is 0 Å². The monoisotopic (exact) mass is 284 g/mol. The molecule has 2 heteroatoms. The fourth-order valence-electron chi connectivity index (χ4n) is 6.67. The summed E-state index contributed by atoms with van der Waals surface area (Å²) < 4.78 is 0. The van der Waals surface area contributed by atoms with Crippen LogP contribution >= 0.6 is 0 Å². The molecule has 4 aliphatic carbocycles. The third-order valence-corrected chi connectivity index (χ3v) is 6.29. The maximum absolute atomic E-state index is 4.11. The summed E-state index contributed by atoms with van der Waals surface area (Å²) in [5.41, 5.74) is 3.06. The Morgan fingerprint density at radius 2 is 1.71 bits per heavy atom. The van der Waals surface area contributed by atoms with Crippen LogP contribution < -0.4 is 5.32 Å². The number of nitrogens with zero attached hydrogens (tertiary/aromatic N) is 1. The predicted octanol–water partition coefficient (Wildman–Crippen LogP) is 3.96. The highest BCUT2D eigenvalue weighted by Gasteiger charge is 2.59. The first-order valence-electron chi connectivity index (χ1n) is 8.62. The van der Waals surface area contributed by atoms with E-state index in [4.69, 9.17) is 0 Å². The zero-order valence-corrected chi connectivity index (χ0v) is 13.5. The lowest BCUT2D eigenvalue weighted by molar-refractivity contribution is -0.117. The van der Waals surface area contributed by atoms with E-state index >= 15 is 0 Å². The van der Waals surface area contributed by atoms with Gasteiger partial charge in [0.2, 0.25) is 0 Å². The van der Waals surface area contributed by atoms with E-state index in [1.54, 1.807) is 0 Å². The van der Waals surface area contributed by atoms with Crippen LogP contribution in [0.2, 0.25) is 0 Å². The lowest BCUT2D eigenvalue weighted by atomic mass is 9.43. The van der Waals surface area contributed by atoms with Gasteiger partial charge in [0.25, 0.3) is 0 Å². The average Bonchev–Trinajstić information content (AvgIpc) is 2.35. The van der Waals surface area contributed by atoms with Gasteiger partial charge in [-0.15, -0.1) is 0 Å². The third kappa shape index (κ3) is 2.52. The molecule has 1 aromatic rings. The van der Waals surface area contributed by atoms with Crippen molar-refractivity contribution in [1.29, 1.82) is 0 Å². The smallest absolute Gasteiger partial charge is 0.0270 e. The highest BCUT2D eigenvalue weighted by Crippen LogP contribution is 2.66. The summed E-state index contributed by atoms with van der Waals surface area (Å²) in [6, 6.07) is 4.29. The zero-order valence-electron chi connectivity index (χ0n) is 13.5. The summed E-state index contributed by atoms with van der Waals surface area (Å²) in [6.07, 6.45) is 13.6. The molecule has 0 aromatic carbocycles. The second-order valence-corrected chi connectivity index (χ2v) is 8.94. The molecule has 1 aromatic heterocycles. The summed E-state index contributed by atoms with van der Waals surface area (Å²) in [7, 11) is 0. The zero-order chi connectivity index (χ0) is 14.6. The largest absolute Gasteiger partial charge is 0.311 e. The molecule has 2 unspecified atom stereocenters. The molecule has 21 heavy (non-hydrogen) atoms. The Bertz CT molecular complexity index is 506. The van der Waals surface area contributed by atoms with E-state index in [0.29, 0.717) is 16.4 Å². The molecule has 0 spiro atoms. The van der Waals surface area contributed by atoms with Crippen LogP contribution in [-0.4, -0.2) is 17.1 Å². The van der Waals surface area contributed by atoms with Crippen molar-refractivity contribution in [2.75, 3.05) is 6.54 Å². The molecule has 2 atom stereocenters. The van der Waals surface area contributed by atoms with Gasteiger partial charge in [-0.25, -0.2) is 0 Å². The van der Waals surface area contributed by atoms with E-state index in [1.165, 1.54) is 44.1 Å². The molecule has 1 N–H and O–H groups in total. The van der Waals surface area contributed by atoms with Crippen LogP contribution in [0.3, 0.4) is 0 Å². The third-order valence-electron chi connectivity index (χ3n) is 6.29. The van der Waals surface area contributed by atoms with E-state index in [9.17, 15) is 0 Å². The van der Waals surface area contributed by atoms with Gasteiger partial charge in [0.05, 0.1) is 0 Å². The summed E-state index contributed by atoms with van der Waals surface area (Å²) in [5.74, 6) is 0.977. The first kappa shape index (κ1) is 13.8. The number of rotatable bonds is 4. The highest BCUT2D eigenvalue weighted by atomic mass is 15.0. The van der Waals surface area contributed by atoms with Gasteiger partial charge < -0.3 is 5.32 Å². The molecule has 5 rings (SSSR count). The number of nitrogens with one attached hydrogen (secondary N) is 1. The average molecular weight is 284 g/mol. The van der Waals surface area contributed by atoms with Crippen LogP contribution in [0, 0.1) is 16.7 Å². The van der Waals surface area contributed by atoms with Crippen molar-refractivity contribution in [2.24, 2.45) is 16.7 Å². The first-order valence-corrected chi connectivity index (χ1v) is 8.62. The van der Waals surface area contributed by atoms with Gasteiger partial charge in [-0.2, -0.15) is 0 Å². The second-order valence-electron chi connectivity index (χ2n) is 8.94. The fraction of sp³-hybridized carbons (Fsp3) is 0.737. The predicted molar refractivity (Wildman–Crippen MR) is 86.1 cm³/mol. The second kappa shape index (κ2) is 4.55. The van der Waals surface area contributed by atoms with Crippen LogP contribution in [0.1, 0.15) is 57.9 Å². The molecule has 1 heterocycles. The van der Waals surface area contributed by atoms with Crippen molar-refractivity contribution in [1.82, 2.24) is 10.3 Å². The van der Waals surface area contributed by atoms with Gasteiger partial charge >= 0.3 is 0 Å². The SMILES string of the molecule is CC12CC3CC(C)(C1)CC(NCCc1ccncc1)(C3)C2. The molecule has 4 fully saturated rings. The molecular weight excluding hydrogens is 256 g/mol. The van der Waals surface area contributed by atoms with Crippen molar-refractivity contribution in [3.63, 3.8) is 0 Å².